The Labute approximate surface area is 120 Å². The highest BCUT2D eigenvalue weighted by molar-refractivity contribution is 7.09. The number of ether oxygens (including phenoxy) is 1. The Morgan fingerprint density at radius 1 is 1.50 bits per heavy atom. The fraction of sp³-hybridized carbons (Fsp3) is 0.308. The van der Waals surface area contributed by atoms with Crippen LogP contribution in [0.2, 0.25) is 0 Å². The summed E-state index contributed by atoms with van der Waals surface area (Å²) in [6.45, 7) is 2.77. The molecule has 2 aromatic rings. The van der Waals surface area contributed by atoms with Gasteiger partial charge in [0.15, 0.2) is 5.75 Å². The maximum atomic E-state index is 11.0. The van der Waals surface area contributed by atoms with Gasteiger partial charge in [-0.25, -0.2) is 4.98 Å². The van der Waals surface area contributed by atoms with Crippen LogP contribution in [0.1, 0.15) is 16.3 Å². The van der Waals surface area contributed by atoms with E-state index in [0.717, 1.165) is 16.3 Å². The number of aryl methyl sites for hydroxylation is 1. The molecule has 0 saturated heterocycles. The van der Waals surface area contributed by atoms with Crippen molar-refractivity contribution in [2.75, 3.05) is 7.05 Å². The van der Waals surface area contributed by atoms with E-state index in [-0.39, 0.29) is 18.0 Å². The third-order valence-corrected chi connectivity index (χ3v) is 3.56. The van der Waals surface area contributed by atoms with Crippen molar-refractivity contribution in [1.82, 2.24) is 10.3 Å². The molecule has 0 fully saturated rings. The number of rotatable bonds is 6. The molecule has 2 rings (SSSR count). The van der Waals surface area contributed by atoms with Crippen molar-refractivity contribution < 1.29 is 9.66 Å². The molecule has 0 aliphatic carbocycles. The largest absolute Gasteiger partial charge is 0.479 e. The SMILES string of the molecule is CNCc1ccc([N+](=O)[O-])c(OCc2nc(C)cs2)c1. The Kier molecular flexibility index (Phi) is 4.65. The zero-order valence-electron chi connectivity index (χ0n) is 11.3. The lowest BCUT2D eigenvalue weighted by atomic mass is 10.2. The lowest BCUT2D eigenvalue weighted by molar-refractivity contribution is -0.386. The minimum Gasteiger partial charge on any atom is -0.479 e. The monoisotopic (exact) mass is 293 g/mol. The molecule has 0 aliphatic heterocycles. The molecule has 0 aliphatic rings. The number of benzene rings is 1. The first-order chi connectivity index (χ1) is 9.60. The molecule has 1 aromatic carbocycles. The number of nitrogens with zero attached hydrogens (tertiary/aromatic N) is 2. The first-order valence-corrected chi connectivity index (χ1v) is 6.94. The first-order valence-electron chi connectivity index (χ1n) is 6.06. The highest BCUT2D eigenvalue weighted by atomic mass is 32.1. The Bertz CT molecular complexity index is 613. The van der Waals surface area contributed by atoms with Crippen molar-refractivity contribution in [1.29, 1.82) is 0 Å². The van der Waals surface area contributed by atoms with E-state index in [1.165, 1.54) is 17.4 Å². The molecule has 1 N–H and O–H groups in total. The molecule has 0 bridgehead atoms. The van der Waals surface area contributed by atoms with Gasteiger partial charge in [-0.05, 0) is 25.6 Å². The predicted molar refractivity (Wildman–Crippen MR) is 77.0 cm³/mol. The van der Waals surface area contributed by atoms with Crippen LogP contribution >= 0.6 is 11.3 Å². The van der Waals surface area contributed by atoms with Crippen molar-refractivity contribution in [3.63, 3.8) is 0 Å². The average Bonchev–Trinajstić information content (AvgIpc) is 2.82. The zero-order valence-corrected chi connectivity index (χ0v) is 12.1. The summed E-state index contributed by atoms with van der Waals surface area (Å²) < 4.78 is 5.56. The molecule has 0 amide bonds. The number of hydrogen-bond donors (Lipinski definition) is 1. The minimum absolute atomic E-state index is 0.0295. The van der Waals surface area contributed by atoms with Crippen molar-refractivity contribution in [3.8, 4) is 5.75 Å². The summed E-state index contributed by atoms with van der Waals surface area (Å²) >= 11 is 1.48. The van der Waals surface area contributed by atoms with E-state index in [1.807, 2.05) is 19.4 Å². The predicted octanol–water partition coefficient (Wildman–Crippen LogP) is 2.66. The molecular weight excluding hydrogens is 278 g/mol. The van der Waals surface area contributed by atoms with E-state index < -0.39 is 4.92 Å². The van der Waals surface area contributed by atoms with E-state index in [2.05, 4.69) is 10.3 Å². The normalized spacial score (nSPS) is 10.5. The van der Waals surface area contributed by atoms with Gasteiger partial charge in [-0.15, -0.1) is 11.3 Å². The van der Waals surface area contributed by atoms with Gasteiger partial charge < -0.3 is 10.1 Å². The summed E-state index contributed by atoms with van der Waals surface area (Å²) in [4.78, 5) is 14.8. The Hall–Kier alpha value is -1.99. The zero-order chi connectivity index (χ0) is 14.5. The maximum absolute atomic E-state index is 11.0. The van der Waals surface area contributed by atoms with Crippen LogP contribution in [-0.2, 0) is 13.2 Å². The number of nitrogens with one attached hydrogen (secondary N) is 1. The molecule has 1 heterocycles. The quantitative estimate of drug-likeness (QED) is 0.654. The highest BCUT2D eigenvalue weighted by Crippen LogP contribution is 2.29. The number of thiazole rings is 1. The van der Waals surface area contributed by atoms with Crippen LogP contribution in [-0.4, -0.2) is 17.0 Å². The number of hydrogen-bond acceptors (Lipinski definition) is 6. The van der Waals surface area contributed by atoms with Gasteiger partial charge in [0.1, 0.15) is 11.6 Å². The maximum Gasteiger partial charge on any atom is 0.310 e. The second-order valence-electron chi connectivity index (χ2n) is 4.26. The summed E-state index contributed by atoms with van der Waals surface area (Å²) in [5.74, 6) is 0.274. The van der Waals surface area contributed by atoms with Crippen LogP contribution in [0.3, 0.4) is 0 Å². The fourth-order valence-electron chi connectivity index (χ4n) is 1.75. The van der Waals surface area contributed by atoms with Crippen LogP contribution in [0.15, 0.2) is 23.6 Å². The first kappa shape index (κ1) is 14.4. The second-order valence-corrected chi connectivity index (χ2v) is 5.20. The number of nitro groups is 1. The third-order valence-electron chi connectivity index (χ3n) is 2.62. The number of nitro benzene ring substituents is 1. The Morgan fingerprint density at radius 3 is 2.90 bits per heavy atom. The molecule has 0 atom stereocenters. The van der Waals surface area contributed by atoms with E-state index >= 15 is 0 Å². The van der Waals surface area contributed by atoms with E-state index in [9.17, 15) is 10.1 Å². The van der Waals surface area contributed by atoms with Crippen molar-refractivity contribution in [2.24, 2.45) is 0 Å². The molecule has 20 heavy (non-hydrogen) atoms. The van der Waals surface area contributed by atoms with E-state index in [4.69, 9.17) is 4.74 Å². The summed E-state index contributed by atoms with van der Waals surface area (Å²) in [6, 6.07) is 4.87. The molecule has 7 heteroatoms. The second kappa shape index (κ2) is 6.44. The molecule has 1 aromatic heterocycles. The van der Waals surface area contributed by atoms with Crippen LogP contribution < -0.4 is 10.1 Å². The smallest absolute Gasteiger partial charge is 0.310 e. The standard InChI is InChI=1S/C13H15N3O3S/c1-9-8-20-13(15-9)7-19-12-5-10(6-14-2)3-4-11(12)16(17)18/h3-5,8,14H,6-7H2,1-2H3. The minimum atomic E-state index is -0.439. The van der Waals surface area contributed by atoms with Gasteiger partial charge in [0.25, 0.3) is 0 Å². The van der Waals surface area contributed by atoms with Gasteiger partial charge in [0.2, 0.25) is 0 Å². The molecule has 0 saturated carbocycles. The number of aromatic nitrogens is 1. The fourth-order valence-corrected chi connectivity index (χ4v) is 2.43. The Balaban J connectivity index is 2.18. The summed E-state index contributed by atoms with van der Waals surface area (Å²) in [7, 11) is 1.82. The molecular formula is C13H15N3O3S. The summed E-state index contributed by atoms with van der Waals surface area (Å²) in [6.07, 6.45) is 0. The third kappa shape index (κ3) is 3.52. The van der Waals surface area contributed by atoms with Crippen LogP contribution in [0, 0.1) is 17.0 Å². The van der Waals surface area contributed by atoms with Crippen LogP contribution in [0.5, 0.6) is 5.75 Å². The molecule has 0 unspecified atom stereocenters. The van der Waals surface area contributed by atoms with E-state index in [0.29, 0.717) is 6.54 Å². The molecule has 0 radical (unpaired) electrons. The van der Waals surface area contributed by atoms with E-state index in [1.54, 1.807) is 12.1 Å². The van der Waals surface area contributed by atoms with Crippen molar-refractivity contribution >= 4 is 17.0 Å². The van der Waals surface area contributed by atoms with Gasteiger partial charge in [-0.3, -0.25) is 10.1 Å². The van der Waals surface area contributed by atoms with Gasteiger partial charge in [0, 0.05) is 23.7 Å². The average molecular weight is 293 g/mol. The van der Waals surface area contributed by atoms with Gasteiger partial charge in [-0.1, -0.05) is 6.07 Å². The molecule has 0 spiro atoms. The lowest BCUT2D eigenvalue weighted by Gasteiger charge is -2.07. The summed E-state index contributed by atoms with van der Waals surface area (Å²) in [5, 5.41) is 16.7. The van der Waals surface area contributed by atoms with Crippen LogP contribution in [0.4, 0.5) is 5.69 Å². The Morgan fingerprint density at radius 2 is 2.30 bits per heavy atom. The van der Waals surface area contributed by atoms with Crippen LogP contribution in [0.25, 0.3) is 0 Å². The molecule has 6 nitrogen and oxygen atoms in total. The van der Waals surface area contributed by atoms with Gasteiger partial charge in [0.05, 0.1) is 4.92 Å². The van der Waals surface area contributed by atoms with Gasteiger partial charge in [-0.2, -0.15) is 0 Å². The topological polar surface area (TPSA) is 77.3 Å². The highest BCUT2D eigenvalue weighted by Gasteiger charge is 2.16. The molecule has 106 valence electrons. The summed E-state index contributed by atoms with van der Waals surface area (Å²) in [5.41, 5.74) is 1.83. The lowest BCUT2D eigenvalue weighted by Crippen LogP contribution is -2.06. The van der Waals surface area contributed by atoms with Gasteiger partial charge >= 0.3 is 5.69 Å². The van der Waals surface area contributed by atoms with Crippen molar-refractivity contribution in [3.05, 3.63) is 50.0 Å². The van der Waals surface area contributed by atoms with Crippen molar-refractivity contribution in [2.45, 2.75) is 20.1 Å².